The van der Waals surface area contributed by atoms with Gasteiger partial charge >= 0.3 is 0 Å². The van der Waals surface area contributed by atoms with E-state index in [0.717, 1.165) is 18.5 Å². The topological polar surface area (TPSA) is 62.3 Å². The molecule has 0 unspecified atom stereocenters. The van der Waals surface area contributed by atoms with E-state index in [0.29, 0.717) is 31.9 Å². The van der Waals surface area contributed by atoms with Gasteiger partial charge in [-0.1, -0.05) is 6.92 Å². The summed E-state index contributed by atoms with van der Waals surface area (Å²) in [5, 5.41) is 3.24. The minimum Gasteiger partial charge on any atom is -0.355 e. The molecule has 0 aromatic carbocycles. The van der Waals surface area contributed by atoms with Crippen LogP contribution in [0.25, 0.3) is 0 Å². The Kier molecular flexibility index (Phi) is 5.52. The molecular weight excluding hydrogens is 293 g/mol. The van der Waals surface area contributed by atoms with Crippen molar-refractivity contribution in [3.05, 3.63) is 23.6 Å². The highest BCUT2D eigenvalue weighted by molar-refractivity contribution is 7.91. The number of hydrogen-bond acceptors (Lipinski definition) is 5. The standard InChI is InChI=1S/C14H22FN3O2S/c1-2-4-16-10-12-9-13(15)11-17-14(12)18-5-3-7-21(19,20)8-6-18/h9,11,16H,2-8,10H2,1H3. The lowest BCUT2D eigenvalue weighted by Crippen LogP contribution is -2.29. The predicted molar refractivity (Wildman–Crippen MR) is 81.7 cm³/mol. The summed E-state index contributed by atoms with van der Waals surface area (Å²) >= 11 is 0. The van der Waals surface area contributed by atoms with Crippen molar-refractivity contribution in [1.29, 1.82) is 0 Å². The van der Waals surface area contributed by atoms with Gasteiger partial charge in [0.2, 0.25) is 0 Å². The lowest BCUT2D eigenvalue weighted by Gasteiger charge is -2.23. The van der Waals surface area contributed by atoms with E-state index in [1.54, 1.807) is 0 Å². The molecule has 0 aliphatic carbocycles. The van der Waals surface area contributed by atoms with E-state index >= 15 is 0 Å². The SMILES string of the molecule is CCCNCc1cc(F)cnc1N1CCCS(=O)(=O)CC1. The number of halogens is 1. The molecule has 2 rings (SSSR count). The number of pyridine rings is 1. The van der Waals surface area contributed by atoms with Crippen LogP contribution in [0, 0.1) is 5.82 Å². The number of hydrogen-bond donors (Lipinski definition) is 1. The second-order valence-electron chi connectivity index (χ2n) is 5.31. The van der Waals surface area contributed by atoms with Gasteiger partial charge in [0, 0.05) is 25.2 Å². The molecular formula is C14H22FN3O2S. The lowest BCUT2D eigenvalue weighted by molar-refractivity contribution is 0.596. The number of nitrogens with one attached hydrogen (secondary N) is 1. The van der Waals surface area contributed by atoms with E-state index in [9.17, 15) is 12.8 Å². The third kappa shape index (κ3) is 4.64. The van der Waals surface area contributed by atoms with Gasteiger partial charge in [0.1, 0.15) is 11.6 Å². The van der Waals surface area contributed by atoms with Crippen LogP contribution < -0.4 is 10.2 Å². The zero-order chi connectivity index (χ0) is 15.3. The molecule has 0 radical (unpaired) electrons. The first-order chi connectivity index (χ1) is 10.0. The van der Waals surface area contributed by atoms with E-state index in [4.69, 9.17) is 0 Å². The lowest BCUT2D eigenvalue weighted by atomic mass is 10.2. The normalized spacial score (nSPS) is 18.5. The minimum absolute atomic E-state index is 0.133. The Labute approximate surface area is 125 Å². The van der Waals surface area contributed by atoms with Crippen LogP contribution in [-0.4, -0.2) is 44.5 Å². The Bertz CT molecular complexity index is 578. The smallest absolute Gasteiger partial charge is 0.152 e. The summed E-state index contributed by atoms with van der Waals surface area (Å²) in [5.41, 5.74) is 0.780. The van der Waals surface area contributed by atoms with E-state index < -0.39 is 9.84 Å². The average molecular weight is 315 g/mol. The van der Waals surface area contributed by atoms with Gasteiger partial charge in [-0.05, 0) is 25.5 Å². The second kappa shape index (κ2) is 7.17. The molecule has 1 saturated heterocycles. The van der Waals surface area contributed by atoms with Crippen molar-refractivity contribution in [1.82, 2.24) is 10.3 Å². The van der Waals surface area contributed by atoms with Gasteiger partial charge in [0.25, 0.3) is 0 Å². The predicted octanol–water partition coefficient (Wildman–Crippen LogP) is 1.35. The maximum Gasteiger partial charge on any atom is 0.152 e. The van der Waals surface area contributed by atoms with Crippen LogP contribution in [0.3, 0.4) is 0 Å². The van der Waals surface area contributed by atoms with Crippen LogP contribution in [0.5, 0.6) is 0 Å². The zero-order valence-corrected chi connectivity index (χ0v) is 13.1. The van der Waals surface area contributed by atoms with Crippen molar-refractivity contribution in [2.45, 2.75) is 26.3 Å². The average Bonchev–Trinajstić information content (AvgIpc) is 2.60. The fourth-order valence-electron chi connectivity index (χ4n) is 2.44. The van der Waals surface area contributed by atoms with Gasteiger partial charge in [0.15, 0.2) is 9.84 Å². The fourth-order valence-corrected chi connectivity index (χ4v) is 3.71. The molecule has 7 heteroatoms. The third-order valence-electron chi connectivity index (χ3n) is 3.51. The number of anilines is 1. The van der Waals surface area contributed by atoms with Gasteiger partial charge in [-0.15, -0.1) is 0 Å². The number of aromatic nitrogens is 1. The van der Waals surface area contributed by atoms with Crippen LogP contribution in [0.1, 0.15) is 25.3 Å². The maximum absolute atomic E-state index is 13.4. The molecule has 1 aliphatic rings. The van der Waals surface area contributed by atoms with E-state index in [-0.39, 0.29) is 17.3 Å². The Balaban J connectivity index is 2.17. The Morgan fingerprint density at radius 2 is 2.19 bits per heavy atom. The molecule has 0 amide bonds. The number of rotatable bonds is 5. The first-order valence-electron chi connectivity index (χ1n) is 7.32. The Hall–Kier alpha value is -1.21. The summed E-state index contributed by atoms with van der Waals surface area (Å²) < 4.78 is 36.8. The van der Waals surface area contributed by atoms with Crippen LogP contribution >= 0.6 is 0 Å². The summed E-state index contributed by atoms with van der Waals surface area (Å²) in [6.07, 6.45) is 2.78. The molecule has 118 valence electrons. The van der Waals surface area contributed by atoms with Crippen LogP contribution in [0.2, 0.25) is 0 Å². The monoisotopic (exact) mass is 315 g/mol. The third-order valence-corrected chi connectivity index (χ3v) is 5.22. The first-order valence-corrected chi connectivity index (χ1v) is 9.14. The molecule has 5 nitrogen and oxygen atoms in total. The van der Waals surface area contributed by atoms with Crippen molar-refractivity contribution in [2.24, 2.45) is 0 Å². The molecule has 1 fully saturated rings. The van der Waals surface area contributed by atoms with Crippen molar-refractivity contribution in [3.63, 3.8) is 0 Å². The summed E-state index contributed by atoms with van der Waals surface area (Å²) in [6, 6.07) is 1.48. The molecule has 0 spiro atoms. The molecule has 0 saturated carbocycles. The van der Waals surface area contributed by atoms with Gasteiger partial charge < -0.3 is 10.2 Å². The first kappa shape index (κ1) is 16.2. The van der Waals surface area contributed by atoms with Crippen molar-refractivity contribution in [3.8, 4) is 0 Å². The van der Waals surface area contributed by atoms with Crippen molar-refractivity contribution >= 4 is 15.7 Å². The minimum atomic E-state index is -2.96. The van der Waals surface area contributed by atoms with Crippen LogP contribution in [0.4, 0.5) is 10.2 Å². The van der Waals surface area contributed by atoms with Crippen molar-refractivity contribution < 1.29 is 12.8 Å². The maximum atomic E-state index is 13.4. The largest absolute Gasteiger partial charge is 0.355 e. The highest BCUT2D eigenvalue weighted by atomic mass is 32.2. The fraction of sp³-hybridized carbons (Fsp3) is 0.643. The van der Waals surface area contributed by atoms with Gasteiger partial charge in [-0.25, -0.2) is 17.8 Å². The quantitative estimate of drug-likeness (QED) is 0.831. The van der Waals surface area contributed by atoms with Gasteiger partial charge in [0.05, 0.1) is 17.7 Å². The summed E-state index contributed by atoms with van der Waals surface area (Å²) in [5.74, 6) is 0.675. The highest BCUT2D eigenvalue weighted by Crippen LogP contribution is 2.20. The Morgan fingerprint density at radius 3 is 2.95 bits per heavy atom. The Morgan fingerprint density at radius 1 is 1.38 bits per heavy atom. The number of nitrogens with zero attached hydrogens (tertiary/aromatic N) is 2. The molecule has 21 heavy (non-hydrogen) atoms. The van der Waals surface area contributed by atoms with Gasteiger partial charge in [-0.3, -0.25) is 0 Å². The van der Waals surface area contributed by atoms with Crippen LogP contribution in [0.15, 0.2) is 12.3 Å². The summed E-state index contributed by atoms with van der Waals surface area (Å²) in [6.45, 7) is 4.51. The molecule has 1 aromatic rings. The molecule has 1 aliphatic heterocycles. The van der Waals surface area contributed by atoms with E-state index in [2.05, 4.69) is 17.2 Å². The summed E-state index contributed by atoms with van der Waals surface area (Å²) in [7, 11) is -2.96. The summed E-state index contributed by atoms with van der Waals surface area (Å²) in [4.78, 5) is 6.14. The van der Waals surface area contributed by atoms with Gasteiger partial charge in [-0.2, -0.15) is 0 Å². The molecule has 1 aromatic heterocycles. The molecule has 1 N–H and O–H groups in total. The molecule has 0 bridgehead atoms. The molecule has 0 atom stereocenters. The second-order valence-corrected chi connectivity index (χ2v) is 7.61. The number of sulfone groups is 1. The molecule has 2 heterocycles. The van der Waals surface area contributed by atoms with Crippen LogP contribution in [-0.2, 0) is 16.4 Å². The van der Waals surface area contributed by atoms with E-state index in [1.807, 2.05) is 4.90 Å². The zero-order valence-electron chi connectivity index (χ0n) is 12.3. The van der Waals surface area contributed by atoms with E-state index in [1.165, 1.54) is 12.3 Å². The van der Waals surface area contributed by atoms with Crippen molar-refractivity contribution in [2.75, 3.05) is 36.0 Å². The highest BCUT2D eigenvalue weighted by Gasteiger charge is 2.21.